The number of ketones is 1. The number of aliphatic hydroxyl groups excluding tert-OH is 1. The Balaban J connectivity index is 1.49. The zero-order valence-electron chi connectivity index (χ0n) is 18.5. The van der Waals surface area contributed by atoms with Crippen molar-refractivity contribution in [1.82, 2.24) is 9.97 Å². The minimum absolute atomic E-state index is 0.0434. The van der Waals surface area contributed by atoms with Crippen LogP contribution < -0.4 is 4.90 Å². The van der Waals surface area contributed by atoms with Crippen LogP contribution >= 0.6 is 27.3 Å². The van der Waals surface area contributed by atoms with E-state index in [9.17, 15) is 24.8 Å². The molecule has 0 spiro atoms. The van der Waals surface area contributed by atoms with Crippen LogP contribution in [-0.2, 0) is 4.79 Å². The number of hydrogen-bond acceptors (Lipinski definition) is 9. The highest BCUT2D eigenvalue weighted by molar-refractivity contribution is 9.10. The number of nitro benzene ring substituents is 1. The van der Waals surface area contributed by atoms with Gasteiger partial charge in [0.2, 0.25) is 5.78 Å². The maximum atomic E-state index is 13.7. The minimum Gasteiger partial charge on any atom is -0.503 e. The van der Waals surface area contributed by atoms with Crippen molar-refractivity contribution in [2.45, 2.75) is 6.04 Å². The van der Waals surface area contributed by atoms with Crippen LogP contribution in [-0.4, -0.2) is 31.7 Å². The molecule has 0 radical (unpaired) electrons. The molecule has 1 atom stereocenters. The number of fused-ring (bicyclic) bond motifs is 2. The van der Waals surface area contributed by atoms with E-state index in [4.69, 9.17) is 4.42 Å². The number of pyridine rings is 1. The quantitative estimate of drug-likeness (QED) is 0.155. The summed E-state index contributed by atoms with van der Waals surface area (Å²) >= 11 is 4.42. The summed E-state index contributed by atoms with van der Waals surface area (Å²) in [5.74, 6) is -2.26. The number of amides is 1. The number of carbonyl (C=O) groups is 2. The molecule has 2 aromatic carbocycles. The molecule has 1 N–H and O–H groups in total. The van der Waals surface area contributed by atoms with Crippen LogP contribution in [0.25, 0.3) is 21.2 Å². The van der Waals surface area contributed by atoms with Gasteiger partial charge in [0.15, 0.2) is 16.7 Å². The van der Waals surface area contributed by atoms with E-state index >= 15 is 0 Å². The van der Waals surface area contributed by atoms with Gasteiger partial charge in [0.1, 0.15) is 5.58 Å². The number of halogens is 1. The maximum absolute atomic E-state index is 13.7. The van der Waals surface area contributed by atoms with Gasteiger partial charge in [-0.2, -0.15) is 0 Å². The van der Waals surface area contributed by atoms with Crippen molar-refractivity contribution in [3.63, 3.8) is 0 Å². The first-order valence-electron chi connectivity index (χ1n) is 10.8. The molecule has 182 valence electrons. The highest BCUT2D eigenvalue weighted by Crippen LogP contribution is 2.44. The Morgan fingerprint density at radius 2 is 2.03 bits per heavy atom. The van der Waals surface area contributed by atoms with Crippen LogP contribution in [0, 0.1) is 10.1 Å². The molecule has 5 aromatic rings. The summed E-state index contributed by atoms with van der Waals surface area (Å²) in [5, 5.41) is 23.0. The highest BCUT2D eigenvalue weighted by atomic mass is 79.9. The van der Waals surface area contributed by atoms with Crippen molar-refractivity contribution >= 4 is 71.0 Å². The van der Waals surface area contributed by atoms with Gasteiger partial charge in [-0.05, 0) is 42.0 Å². The molecule has 37 heavy (non-hydrogen) atoms. The molecule has 1 unspecified atom stereocenters. The van der Waals surface area contributed by atoms with E-state index in [1.54, 1.807) is 42.6 Å². The molecule has 10 nitrogen and oxygen atoms in total. The van der Waals surface area contributed by atoms with Gasteiger partial charge in [0.05, 0.1) is 26.8 Å². The number of aliphatic hydroxyl groups is 1. The summed E-state index contributed by atoms with van der Waals surface area (Å²) in [6.45, 7) is 0. The number of aromatic nitrogens is 2. The number of furan rings is 1. The summed E-state index contributed by atoms with van der Waals surface area (Å²) in [7, 11) is 0. The van der Waals surface area contributed by atoms with Gasteiger partial charge in [-0.1, -0.05) is 33.3 Å². The minimum atomic E-state index is -1.05. The monoisotopic (exact) mass is 576 g/mol. The van der Waals surface area contributed by atoms with Crippen LogP contribution in [0.3, 0.4) is 0 Å². The first-order valence-corrected chi connectivity index (χ1v) is 12.4. The second-order valence-corrected chi connectivity index (χ2v) is 10.1. The molecular weight excluding hydrogens is 564 g/mol. The molecule has 0 saturated carbocycles. The van der Waals surface area contributed by atoms with E-state index in [1.165, 1.54) is 29.3 Å². The second kappa shape index (κ2) is 8.61. The van der Waals surface area contributed by atoms with Crippen LogP contribution in [0.1, 0.15) is 22.2 Å². The lowest BCUT2D eigenvalue weighted by Gasteiger charge is -2.23. The van der Waals surface area contributed by atoms with Crippen molar-refractivity contribution in [2.75, 3.05) is 4.90 Å². The Labute approximate surface area is 219 Å². The maximum Gasteiger partial charge on any atom is 0.296 e. The zero-order chi connectivity index (χ0) is 25.8. The van der Waals surface area contributed by atoms with Gasteiger partial charge < -0.3 is 9.52 Å². The van der Waals surface area contributed by atoms with E-state index in [1.807, 2.05) is 0 Å². The first kappa shape index (κ1) is 23.0. The molecule has 3 aromatic heterocycles. The van der Waals surface area contributed by atoms with E-state index < -0.39 is 28.4 Å². The molecule has 12 heteroatoms. The normalized spacial score (nSPS) is 15.8. The van der Waals surface area contributed by atoms with Crippen LogP contribution in [0.4, 0.5) is 10.8 Å². The average Bonchev–Trinajstić information content (AvgIpc) is 3.57. The summed E-state index contributed by atoms with van der Waals surface area (Å²) in [5.41, 5.74) is 1.07. The molecule has 0 fully saturated rings. The van der Waals surface area contributed by atoms with Crippen molar-refractivity contribution in [2.24, 2.45) is 0 Å². The molecule has 1 aliphatic heterocycles. The number of non-ortho nitro benzene ring substituents is 1. The number of carbonyl (C=O) groups excluding carboxylic acids is 2. The Bertz CT molecular complexity index is 1800. The van der Waals surface area contributed by atoms with E-state index in [-0.39, 0.29) is 22.2 Å². The zero-order valence-corrected chi connectivity index (χ0v) is 20.9. The number of thiazole rings is 1. The lowest BCUT2D eigenvalue weighted by Crippen LogP contribution is -2.31. The molecule has 1 amide bonds. The Morgan fingerprint density at radius 3 is 2.78 bits per heavy atom. The van der Waals surface area contributed by atoms with E-state index in [2.05, 4.69) is 25.9 Å². The Hall–Kier alpha value is -4.42. The van der Waals surface area contributed by atoms with Gasteiger partial charge >= 0.3 is 0 Å². The first-order chi connectivity index (χ1) is 17.8. The molecule has 1 aliphatic rings. The van der Waals surface area contributed by atoms with Gasteiger partial charge in [0, 0.05) is 34.4 Å². The summed E-state index contributed by atoms with van der Waals surface area (Å²) < 4.78 is 7.03. The summed E-state index contributed by atoms with van der Waals surface area (Å²) in [4.78, 5) is 47.5. The molecular formula is C25H13BrN4O6S. The van der Waals surface area contributed by atoms with Gasteiger partial charge in [-0.3, -0.25) is 29.6 Å². The van der Waals surface area contributed by atoms with Crippen molar-refractivity contribution in [3.8, 4) is 0 Å². The predicted octanol–water partition coefficient (Wildman–Crippen LogP) is 5.89. The van der Waals surface area contributed by atoms with Crippen LogP contribution in [0.2, 0.25) is 0 Å². The lowest BCUT2D eigenvalue weighted by molar-refractivity contribution is -0.384. The number of nitrogens with zero attached hydrogens (tertiary/aromatic N) is 4. The molecule has 0 aliphatic carbocycles. The third-order valence-corrected chi connectivity index (χ3v) is 7.44. The fourth-order valence-electron chi connectivity index (χ4n) is 4.26. The topological polar surface area (TPSA) is 140 Å². The SMILES string of the molecule is O=C(C1=C(O)C(=O)N(c2nc3ccc([N+](=O)[O-])cc3s2)C1c1cccnc1)c1cc2cc(Br)ccc2o1. The summed E-state index contributed by atoms with van der Waals surface area (Å²) in [6.07, 6.45) is 3.04. The van der Waals surface area contributed by atoms with Crippen molar-refractivity contribution in [3.05, 3.63) is 104 Å². The van der Waals surface area contributed by atoms with Crippen molar-refractivity contribution in [1.29, 1.82) is 0 Å². The highest BCUT2D eigenvalue weighted by Gasteiger charge is 2.46. The summed E-state index contributed by atoms with van der Waals surface area (Å²) in [6, 6.07) is 13.3. The van der Waals surface area contributed by atoms with Crippen LogP contribution in [0.15, 0.2) is 87.2 Å². The molecule has 0 saturated heterocycles. The number of anilines is 1. The Morgan fingerprint density at radius 1 is 1.19 bits per heavy atom. The third-order valence-electron chi connectivity index (χ3n) is 5.93. The number of nitro groups is 1. The van der Waals surface area contributed by atoms with Crippen LogP contribution in [0.5, 0.6) is 0 Å². The van der Waals surface area contributed by atoms with E-state index in [0.29, 0.717) is 26.7 Å². The molecule has 4 heterocycles. The number of hydrogen-bond donors (Lipinski definition) is 1. The van der Waals surface area contributed by atoms with Gasteiger partial charge in [-0.25, -0.2) is 4.98 Å². The fraction of sp³-hybridized carbons (Fsp3) is 0.0400. The Kier molecular flexibility index (Phi) is 5.35. The molecule has 6 rings (SSSR count). The van der Waals surface area contributed by atoms with Gasteiger partial charge in [-0.15, -0.1) is 0 Å². The molecule has 0 bridgehead atoms. The average molecular weight is 577 g/mol. The van der Waals surface area contributed by atoms with E-state index in [0.717, 1.165) is 15.8 Å². The number of benzene rings is 2. The third kappa shape index (κ3) is 3.77. The second-order valence-electron chi connectivity index (χ2n) is 8.15. The smallest absolute Gasteiger partial charge is 0.296 e. The lowest BCUT2D eigenvalue weighted by atomic mass is 9.96. The fourth-order valence-corrected chi connectivity index (χ4v) is 5.67. The predicted molar refractivity (Wildman–Crippen MR) is 139 cm³/mol. The number of Topliss-reactive ketones (excluding diaryl/α,β-unsaturated/α-hetero) is 1. The standard InChI is InChI=1S/C25H13BrN4O6S/c26-14-3-6-17-13(8-14)9-18(36-17)22(31)20-21(12-2-1-7-27-11-12)29(24(33)23(20)32)25-28-16-5-4-15(30(34)35)10-19(16)37-25/h1-11,21,32H. The van der Waals surface area contributed by atoms with Gasteiger partial charge in [0.25, 0.3) is 11.6 Å². The largest absolute Gasteiger partial charge is 0.503 e. The van der Waals surface area contributed by atoms with Crippen molar-refractivity contribution < 1.29 is 24.0 Å². The number of rotatable bonds is 5.